The van der Waals surface area contributed by atoms with Crippen LogP contribution in [0.4, 0.5) is 8.78 Å². The van der Waals surface area contributed by atoms with Crippen LogP contribution in [0.1, 0.15) is 96.0 Å². The van der Waals surface area contributed by atoms with Crippen molar-refractivity contribution >= 4 is 0 Å². The molecule has 0 aromatic heterocycles. The van der Waals surface area contributed by atoms with Gasteiger partial charge in [-0.2, -0.15) is 8.78 Å². The fraction of sp³-hybridized carbons (Fsp3) is 0.769. The van der Waals surface area contributed by atoms with Crippen LogP contribution in [0.3, 0.4) is 0 Å². The Morgan fingerprint density at radius 1 is 0.933 bits per heavy atom. The molecule has 1 atom stereocenters. The summed E-state index contributed by atoms with van der Waals surface area (Å²) in [6.45, 7) is 2.10. The van der Waals surface area contributed by atoms with E-state index in [1.165, 1.54) is 70.6 Å². The molecular formula is C26H38F2O2. The van der Waals surface area contributed by atoms with Crippen molar-refractivity contribution < 1.29 is 18.3 Å². The van der Waals surface area contributed by atoms with Crippen molar-refractivity contribution in [1.29, 1.82) is 0 Å². The van der Waals surface area contributed by atoms with Crippen molar-refractivity contribution in [2.45, 2.75) is 103 Å². The Labute approximate surface area is 180 Å². The van der Waals surface area contributed by atoms with Gasteiger partial charge in [-0.3, -0.25) is 0 Å². The molecule has 2 saturated carbocycles. The third kappa shape index (κ3) is 4.94. The highest BCUT2D eigenvalue weighted by molar-refractivity contribution is 5.44. The van der Waals surface area contributed by atoms with E-state index in [4.69, 9.17) is 9.47 Å². The molecule has 1 unspecified atom stereocenters. The monoisotopic (exact) mass is 420 g/mol. The Balaban J connectivity index is 1.42. The summed E-state index contributed by atoms with van der Waals surface area (Å²) in [7, 11) is 0. The Bertz CT molecular complexity index is 675. The van der Waals surface area contributed by atoms with E-state index < -0.39 is 11.6 Å². The Morgan fingerprint density at radius 3 is 2.17 bits per heavy atom. The zero-order chi connectivity index (χ0) is 20.9. The molecular weight excluding hydrogens is 382 g/mol. The zero-order valence-electron chi connectivity index (χ0n) is 18.6. The van der Waals surface area contributed by atoms with Crippen LogP contribution in [-0.2, 0) is 6.42 Å². The van der Waals surface area contributed by atoms with Crippen molar-refractivity contribution in [3.63, 3.8) is 0 Å². The van der Waals surface area contributed by atoms with Gasteiger partial charge < -0.3 is 9.47 Å². The summed E-state index contributed by atoms with van der Waals surface area (Å²) in [5.41, 5.74) is 0.740. The first kappa shape index (κ1) is 21.9. The molecule has 30 heavy (non-hydrogen) atoms. The van der Waals surface area contributed by atoms with Gasteiger partial charge >= 0.3 is 0 Å². The number of aryl methyl sites for hydroxylation is 1. The predicted molar refractivity (Wildman–Crippen MR) is 116 cm³/mol. The first-order valence-corrected chi connectivity index (χ1v) is 12.5. The van der Waals surface area contributed by atoms with Crippen molar-refractivity contribution in [2.24, 2.45) is 17.8 Å². The van der Waals surface area contributed by atoms with E-state index >= 15 is 0 Å². The van der Waals surface area contributed by atoms with Crippen LogP contribution in [0.15, 0.2) is 6.07 Å². The maximum absolute atomic E-state index is 14.6. The molecule has 0 amide bonds. The molecule has 0 N–H and O–H groups in total. The van der Waals surface area contributed by atoms with Crippen LogP contribution in [-0.4, -0.2) is 12.7 Å². The third-order valence-electron chi connectivity index (χ3n) is 7.86. The molecule has 3 aliphatic rings. The van der Waals surface area contributed by atoms with Crippen LogP contribution in [0.2, 0.25) is 0 Å². The lowest BCUT2D eigenvalue weighted by Crippen LogP contribution is -2.30. The largest absolute Gasteiger partial charge is 0.491 e. The highest BCUT2D eigenvalue weighted by Crippen LogP contribution is 2.43. The van der Waals surface area contributed by atoms with Crippen LogP contribution in [0.5, 0.6) is 11.5 Å². The van der Waals surface area contributed by atoms with Crippen LogP contribution >= 0.6 is 0 Å². The molecule has 1 aliphatic heterocycles. The summed E-state index contributed by atoms with van der Waals surface area (Å²) in [5.74, 6) is 0.846. The van der Waals surface area contributed by atoms with Gasteiger partial charge in [0, 0.05) is 5.56 Å². The van der Waals surface area contributed by atoms with E-state index in [1.807, 2.05) is 0 Å². The smallest absolute Gasteiger partial charge is 0.204 e. The molecule has 2 fully saturated rings. The first-order valence-electron chi connectivity index (χ1n) is 12.5. The average molecular weight is 421 g/mol. The quantitative estimate of drug-likeness (QED) is 0.452. The SMILES string of the molecule is CCOc1cc2c(c(F)c1F)OC(CCC(C1CCCCC1)C1CCCCC1)CC2. The van der Waals surface area contributed by atoms with E-state index in [-0.39, 0.29) is 17.6 Å². The normalized spacial score (nSPS) is 23.3. The molecule has 1 aromatic carbocycles. The molecule has 0 saturated heterocycles. The Kier molecular flexibility index (Phi) is 7.54. The van der Waals surface area contributed by atoms with Crippen molar-refractivity contribution in [3.8, 4) is 11.5 Å². The molecule has 2 nitrogen and oxygen atoms in total. The number of fused-ring (bicyclic) bond motifs is 1. The second kappa shape index (κ2) is 10.3. The molecule has 1 aromatic rings. The van der Waals surface area contributed by atoms with Gasteiger partial charge in [0.25, 0.3) is 0 Å². The zero-order valence-corrected chi connectivity index (χ0v) is 18.6. The van der Waals surface area contributed by atoms with Gasteiger partial charge in [0.2, 0.25) is 11.6 Å². The molecule has 168 valence electrons. The van der Waals surface area contributed by atoms with Gasteiger partial charge in [-0.25, -0.2) is 0 Å². The first-order chi connectivity index (χ1) is 14.7. The molecule has 0 spiro atoms. The number of ether oxygens (including phenoxy) is 2. The summed E-state index contributed by atoms with van der Waals surface area (Å²) in [5, 5.41) is 0. The second-order valence-corrected chi connectivity index (χ2v) is 9.74. The van der Waals surface area contributed by atoms with Gasteiger partial charge in [0.1, 0.15) is 0 Å². The highest BCUT2D eigenvalue weighted by atomic mass is 19.2. The number of benzene rings is 1. The van der Waals surface area contributed by atoms with E-state index in [9.17, 15) is 8.78 Å². The highest BCUT2D eigenvalue weighted by Gasteiger charge is 2.33. The minimum absolute atomic E-state index is 0.000903. The van der Waals surface area contributed by atoms with Gasteiger partial charge in [-0.15, -0.1) is 0 Å². The topological polar surface area (TPSA) is 18.5 Å². The second-order valence-electron chi connectivity index (χ2n) is 9.74. The van der Waals surface area contributed by atoms with E-state index in [0.717, 1.165) is 42.6 Å². The van der Waals surface area contributed by atoms with Gasteiger partial charge in [-0.1, -0.05) is 64.2 Å². The molecule has 1 heterocycles. The summed E-state index contributed by atoms with van der Waals surface area (Å²) in [6.07, 6.45) is 17.6. The van der Waals surface area contributed by atoms with Crippen molar-refractivity contribution in [3.05, 3.63) is 23.3 Å². The van der Waals surface area contributed by atoms with Crippen LogP contribution in [0.25, 0.3) is 0 Å². The Morgan fingerprint density at radius 2 is 1.57 bits per heavy atom. The number of halogens is 2. The van der Waals surface area contributed by atoms with Gasteiger partial charge in [0.15, 0.2) is 11.5 Å². The van der Waals surface area contributed by atoms with Crippen molar-refractivity contribution in [1.82, 2.24) is 0 Å². The summed E-state index contributed by atoms with van der Waals surface area (Å²) >= 11 is 0. The van der Waals surface area contributed by atoms with Crippen LogP contribution < -0.4 is 9.47 Å². The maximum Gasteiger partial charge on any atom is 0.204 e. The molecule has 2 aliphatic carbocycles. The van der Waals surface area contributed by atoms with E-state index in [1.54, 1.807) is 13.0 Å². The lowest BCUT2D eigenvalue weighted by atomic mass is 9.68. The number of hydrogen-bond donors (Lipinski definition) is 0. The van der Waals surface area contributed by atoms with Gasteiger partial charge in [-0.05, 0) is 56.4 Å². The number of rotatable bonds is 7. The summed E-state index contributed by atoms with van der Waals surface area (Å²) < 4.78 is 40.2. The maximum atomic E-state index is 14.6. The Hall–Kier alpha value is -1.32. The average Bonchev–Trinajstić information content (AvgIpc) is 2.79. The minimum atomic E-state index is -0.918. The van der Waals surface area contributed by atoms with E-state index in [0.29, 0.717) is 6.61 Å². The fourth-order valence-electron chi connectivity index (χ4n) is 6.31. The van der Waals surface area contributed by atoms with Crippen molar-refractivity contribution in [2.75, 3.05) is 6.61 Å². The summed E-state index contributed by atoms with van der Waals surface area (Å²) in [6, 6.07) is 1.63. The lowest BCUT2D eigenvalue weighted by Gasteiger charge is -2.39. The van der Waals surface area contributed by atoms with Crippen LogP contribution in [0, 0.1) is 29.4 Å². The molecule has 0 bridgehead atoms. The standard InChI is InChI=1S/C26H38F2O2/c1-2-29-23-17-20-13-14-21(30-26(20)25(28)24(23)27)15-16-22(18-9-5-3-6-10-18)19-11-7-4-8-12-19/h17-19,21-22H,2-16H2,1H3. The molecule has 0 radical (unpaired) electrons. The fourth-order valence-corrected chi connectivity index (χ4v) is 6.31. The minimum Gasteiger partial charge on any atom is -0.491 e. The lowest BCUT2D eigenvalue weighted by molar-refractivity contribution is 0.0984. The summed E-state index contributed by atoms with van der Waals surface area (Å²) in [4.78, 5) is 0. The van der Waals surface area contributed by atoms with Gasteiger partial charge in [0.05, 0.1) is 12.7 Å². The molecule has 4 heteroatoms. The number of hydrogen-bond acceptors (Lipinski definition) is 2. The predicted octanol–water partition coefficient (Wildman–Crippen LogP) is 7.61. The molecule has 4 rings (SSSR count). The third-order valence-corrected chi connectivity index (χ3v) is 7.86. The van der Waals surface area contributed by atoms with E-state index in [2.05, 4.69) is 0 Å².